The molecule has 0 aliphatic rings. The molecule has 0 heterocycles. The Labute approximate surface area is 209 Å². The first-order chi connectivity index (χ1) is 16.0. The van der Waals surface area contributed by atoms with Crippen molar-refractivity contribution < 1.29 is 9.53 Å². The number of unbranched alkanes of at least 4 members (excludes halogenated alkanes) is 18. The first-order valence-corrected chi connectivity index (χ1v) is 15.2. The van der Waals surface area contributed by atoms with Gasteiger partial charge in [0.25, 0.3) is 0 Å². The van der Waals surface area contributed by atoms with Crippen LogP contribution in [-0.2, 0) is 9.53 Å². The Hall–Kier alpha value is -0.530. The summed E-state index contributed by atoms with van der Waals surface area (Å²) in [5, 5.41) is 0. The Morgan fingerprint density at radius 1 is 0.455 bits per heavy atom. The highest BCUT2D eigenvalue weighted by Crippen LogP contribution is 2.15. The van der Waals surface area contributed by atoms with Gasteiger partial charge in [0.2, 0.25) is 0 Å². The van der Waals surface area contributed by atoms with Crippen molar-refractivity contribution >= 4 is 5.97 Å². The van der Waals surface area contributed by atoms with Crippen molar-refractivity contribution in [2.75, 3.05) is 6.61 Å². The Balaban J connectivity index is 3.16. The van der Waals surface area contributed by atoms with Crippen LogP contribution in [0.4, 0.5) is 0 Å². The average Bonchev–Trinajstić information content (AvgIpc) is 2.77. The molecule has 0 spiro atoms. The van der Waals surface area contributed by atoms with Gasteiger partial charge in [-0.05, 0) is 24.7 Å². The molecule has 0 N–H and O–H groups in total. The highest BCUT2D eigenvalue weighted by molar-refractivity contribution is 5.69. The van der Waals surface area contributed by atoms with Gasteiger partial charge in [-0.15, -0.1) is 0 Å². The second-order valence-electron chi connectivity index (χ2n) is 11.4. The Kier molecular flexibility index (Phi) is 25.7. The second-order valence-corrected chi connectivity index (χ2v) is 11.4. The third-order valence-electron chi connectivity index (χ3n) is 6.85. The van der Waals surface area contributed by atoms with Crippen molar-refractivity contribution in [2.45, 2.75) is 175 Å². The van der Waals surface area contributed by atoms with Gasteiger partial charge in [0.05, 0.1) is 6.61 Å². The Morgan fingerprint density at radius 2 is 0.758 bits per heavy atom. The summed E-state index contributed by atoms with van der Waals surface area (Å²) >= 11 is 0. The van der Waals surface area contributed by atoms with E-state index in [1.54, 1.807) is 0 Å². The van der Waals surface area contributed by atoms with E-state index in [9.17, 15) is 4.79 Å². The van der Waals surface area contributed by atoms with E-state index < -0.39 is 0 Å². The van der Waals surface area contributed by atoms with Gasteiger partial charge in [0, 0.05) is 6.42 Å². The molecule has 0 bridgehead atoms. The van der Waals surface area contributed by atoms with E-state index in [-0.39, 0.29) is 5.97 Å². The van der Waals surface area contributed by atoms with Crippen LogP contribution in [0.3, 0.4) is 0 Å². The molecular formula is C31H62O2. The summed E-state index contributed by atoms with van der Waals surface area (Å²) in [6, 6.07) is 0. The first-order valence-electron chi connectivity index (χ1n) is 15.2. The highest BCUT2D eigenvalue weighted by atomic mass is 16.5. The van der Waals surface area contributed by atoms with Crippen molar-refractivity contribution in [3.05, 3.63) is 0 Å². The fourth-order valence-corrected chi connectivity index (χ4v) is 4.56. The van der Waals surface area contributed by atoms with Gasteiger partial charge < -0.3 is 4.74 Å². The fraction of sp³-hybridized carbons (Fsp3) is 0.968. The van der Waals surface area contributed by atoms with E-state index in [1.165, 1.54) is 128 Å². The molecule has 33 heavy (non-hydrogen) atoms. The van der Waals surface area contributed by atoms with Crippen molar-refractivity contribution in [3.63, 3.8) is 0 Å². The van der Waals surface area contributed by atoms with Crippen molar-refractivity contribution in [1.82, 2.24) is 0 Å². The molecule has 0 fully saturated rings. The zero-order valence-corrected chi connectivity index (χ0v) is 23.4. The van der Waals surface area contributed by atoms with Crippen molar-refractivity contribution in [1.29, 1.82) is 0 Å². The molecule has 0 saturated heterocycles. The quantitative estimate of drug-likeness (QED) is 0.0935. The van der Waals surface area contributed by atoms with Crippen LogP contribution in [0.25, 0.3) is 0 Å². The van der Waals surface area contributed by atoms with Gasteiger partial charge >= 0.3 is 5.97 Å². The molecular weight excluding hydrogens is 404 g/mol. The molecule has 0 rings (SSSR count). The van der Waals surface area contributed by atoms with Crippen LogP contribution in [0, 0.1) is 11.8 Å². The molecule has 198 valence electrons. The maximum absolute atomic E-state index is 11.8. The summed E-state index contributed by atoms with van der Waals surface area (Å²) in [4.78, 5) is 11.8. The lowest BCUT2D eigenvalue weighted by molar-refractivity contribution is -0.143. The normalized spacial score (nSPS) is 11.6. The van der Waals surface area contributed by atoms with E-state index in [0.29, 0.717) is 13.0 Å². The predicted molar refractivity (Wildman–Crippen MR) is 147 cm³/mol. The van der Waals surface area contributed by atoms with E-state index >= 15 is 0 Å². The van der Waals surface area contributed by atoms with E-state index in [1.807, 2.05) is 0 Å². The average molecular weight is 467 g/mol. The number of carbonyl (C=O) groups excluding carboxylic acids is 1. The van der Waals surface area contributed by atoms with Gasteiger partial charge in [0.15, 0.2) is 0 Å². The second kappa shape index (κ2) is 26.1. The number of carbonyl (C=O) groups is 1. The van der Waals surface area contributed by atoms with Gasteiger partial charge in [-0.25, -0.2) is 0 Å². The SMILES string of the molecule is CC(C)CCCCCCCCCCCCCOC(=O)CCCCCCCCCCCC(C)C. The molecule has 0 aromatic heterocycles. The number of ether oxygens (including phenoxy) is 1. The Bertz CT molecular complexity index is 388. The van der Waals surface area contributed by atoms with E-state index in [0.717, 1.165) is 24.7 Å². The van der Waals surface area contributed by atoms with Gasteiger partial charge in [0.1, 0.15) is 0 Å². The topological polar surface area (TPSA) is 26.3 Å². The van der Waals surface area contributed by atoms with Crippen LogP contribution < -0.4 is 0 Å². The summed E-state index contributed by atoms with van der Waals surface area (Å²) in [7, 11) is 0. The van der Waals surface area contributed by atoms with E-state index in [2.05, 4.69) is 27.7 Å². The third kappa shape index (κ3) is 29.4. The maximum Gasteiger partial charge on any atom is 0.305 e. The van der Waals surface area contributed by atoms with Crippen LogP contribution in [-0.4, -0.2) is 12.6 Å². The minimum absolute atomic E-state index is 0.0218. The summed E-state index contributed by atoms with van der Waals surface area (Å²) < 4.78 is 5.41. The van der Waals surface area contributed by atoms with Crippen LogP contribution in [0.5, 0.6) is 0 Å². The van der Waals surface area contributed by atoms with Crippen LogP contribution >= 0.6 is 0 Å². The molecule has 0 saturated carbocycles. The lowest BCUT2D eigenvalue weighted by Crippen LogP contribution is -2.05. The number of hydrogen-bond acceptors (Lipinski definition) is 2. The third-order valence-corrected chi connectivity index (χ3v) is 6.85. The van der Waals surface area contributed by atoms with Crippen molar-refractivity contribution in [3.8, 4) is 0 Å². The molecule has 0 aliphatic heterocycles. The fourth-order valence-electron chi connectivity index (χ4n) is 4.56. The predicted octanol–water partition coefficient (Wildman–Crippen LogP) is 10.8. The lowest BCUT2D eigenvalue weighted by atomic mass is 10.0. The van der Waals surface area contributed by atoms with Crippen molar-refractivity contribution in [2.24, 2.45) is 11.8 Å². The number of esters is 1. The van der Waals surface area contributed by atoms with Gasteiger partial charge in [-0.1, -0.05) is 156 Å². The summed E-state index contributed by atoms with van der Waals surface area (Å²) in [5.41, 5.74) is 0. The number of rotatable bonds is 26. The minimum Gasteiger partial charge on any atom is -0.466 e. The minimum atomic E-state index is 0.0218. The molecule has 0 aromatic carbocycles. The largest absolute Gasteiger partial charge is 0.466 e. The van der Waals surface area contributed by atoms with Crippen LogP contribution in [0.1, 0.15) is 175 Å². The van der Waals surface area contributed by atoms with Gasteiger partial charge in [-0.2, -0.15) is 0 Å². The maximum atomic E-state index is 11.8. The molecule has 0 unspecified atom stereocenters. The molecule has 0 aliphatic carbocycles. The van der Waals surface area contributed by atoms with Gasteiger partial charge in [-0.3, -0.25) is 4.79 Å². The Morgan fingerprint density at radius 3 is 1.12 bits per heavy atom. The monoisotopic (exact) mass is 466 g/mol. The standard InChI is InChI=1S/C31H62O2/c1-29(2)25-21-17-13-9-6-5-7-12-16-20-24-28-33-31(32)27-23-19-15-11-8-10-14-18-22-26-30(3)4/h29-30H,5-28H2,1-4H3. The zero-order chi connectivity index (χ0) is 24.4. The number of hydrogen-bond donors (Lipinski definition) is 0. The smallest absolute Gasteiger partial charge is 0.305 e. The first kappa shape index (κ1) is 32.5. The summed E-state index contributed by atoms with van der Waals surface area (Å²) in [6.45, 7) is 9.91. The molecule has 2 nitrogen and oxygen atoms in total. The van der Waals surface area contributed by atoms with Crippen LogP contribution in [0.15, 0.2) is 0 Å². The molecule has 0 aromatic rings. The van der Waals surface area contributed by atoms with Crippen LogP contribution in [0.2, 0.25) is 0 Å². The molecule has 0 amide bonds. The molecule has 0 radical (unpaired) electrons. The molecule has 2 heteroatoms. The lowest BCUT2D eigenvalue weighted by Gasteiger charge is -2.06. The van der Waals surface area contributed by atoms with E-state index in [4.69, 9.17) is 4.74 Å². The molecule has 0 atom stereocenters. The summed E-state index contributed by atoms with van der Waals surface area (Å²) in [6.07, 6.45) is 29.9. The summed E-state index contributed by atoms with van der Waals surface area (Å²) in [5.74, 6) is 1.75. The zero-order valence-electron chi connectivity index (χ0n) is 23.4. The highest BCUT2D eigenvalue weighted by Gasteiger charge is 2.03.